The lowest BCUT2D eigenvalue weighted by molar-refractivity contribution is 0.0956. The first-order chi connectivity index (χ1) is 10.6. The smallest absolute Gasteiger partial charge is 0.251 e. The minimum atomic E-state index is 0.0130. The van der Waals surface area contributed by atoms with E-state index in [0.29, 0.717) is 6.54 Å². The molecule has 22 heavy (non-hydrogen) atoms. The normalized spacial score (nSPS) is 10.5. The first kappa shape index (κ1) is 16.6. The lowest BCUT2D eigenvalue weighted by Crippen LogP contribution is -2.25. The van der Waals surface area contributed by atoms with Gasteiger partial charge in [-0.25, -0.2) is 0 Å². The van der Waals surface area contributed by atoms with E-state index in [-0.39, 0.29) is 5.91 Å². The number of carbonyl (C=O) groups is 1. The molecule has 3 heteroatoms. The van der Waals surface area contributed by atoms with Crippen molar-refractivity contribution in [3.05, 3.63) is 70.3 Å². The zero-order valence-corrected chi connectivity index (χ0v) is 14.3. The third kappa shape index (κ3) is 4.92. The van der Waals surface area contributed by atoms with Crippen molar-refractivity contribution in [2.24, 2.45) is 0 Å². The van der Waals surface area contributed by atoms with Crippen LogP contribution >= 0.6 is 11.8 Å². The minimum absolute atomic E-state index is 0.0130. The number of rotatable bonds is 6. The van der Waals surface area contributed by atoms with E-state index < -0.39 is 0 Å². The highest BCUT2D eigenvalue weighted by Gasteiger charge is 2.05. The molecule has 0 unspecified atom stereocenters. The number of amides is 1. The fourth-order valence-electron chi connectivity index (χ4n) is 2.10. The molecule has 2 rings (SSSR count). The molecule has 0 fully saturated rings. The van der Waals surface area contributed by atoms with Crippen LogP contribution in [-0.2, 0) is 5.75 Å². The summed E-state index contributed by atoms with van der Waals surface area (Å²) in [6.45, 7) is 6.88. The number of nitrogens with one attached hydrogen (secondary N) is 1. The summed E-state index contributed by atoms with van der Waals surface area (Å²) in [6, 6.07) is 14.4. The Hall–Kier alpha value is -1.74. The van der Waals surface area contributed by atoms with Crippen LogP contribution in [0.5, 0.6) is 0 Å². The number of thioether (sulfide) groups is 1. The van der Waals surface area contributed by atoms with Gasteiger partial charge in [-0.05, 0) is 49.6 Å². The first-order valence-electron chi connectivity index (χ1n) is 7.55. The molecule has 1 amide bonds. The van der Waals surface area contributed by atoms with Crippen molar-refractivity contribution in [3.63, 3.8) is 0 Å². The van der Waals surface area contributed by atoms with Gasteiger partial charge in [-0.2, -0.15) is 11.8 Å². The summed E-state index contributed by atoms with van der Waals surface area (Å²) in [6.07, 6.45) is 0. The Balaban J connectivity index is 1.70. The molecule has 0 aliphatic carbocycles. The maximum atomic E-state index is 12.1. The summed E-state index contributed by atoms with van der Waals surface area (Å²) in [4.78, 5) is 12.1. The third-order valence-electron chi connectivity index (χ3n) is 3.69. The van der Waals surface area contributed by atoms with Gasteiger partial charge >= 0.3 is 0 Å². The Labute approximate surface area is 137 Å². The summed E-state index contributed by atoms with van der Waals surface area (Å²) in [5.41, 5.74) is 5.73. The van der Waals surface area contributed by atoms with Crippen molar-refractivity contribution in [2.45, 2.75) is 26.5 Å². The van der Waals surface area contributed by atoms with Crippen LogP contribution in [-0.4, -0.2) is 18.2 Å². The molecule has 0 aliphatic rings. The average molecular weight is 313 g/mol. The fraction of sp³-hybridized carbons (Fsp3) is 0.316. The Morgan fingerprint density at radius 1 is 1.00 bits per heavy atom. The third-order valence-corrected chi connectivity index (χ3v) is 4.72. The zero-order valence-electron chi connectivity index (χ0n) is 13.5. The molecule has 0 aliphatic heterocycles. The molecular weight excluding hydrogens is 290 g/mol. The number of aryl methyl sites for hydroxylation is 3. The molecule has 2 nitrogen and oxygen atoms in total. The first-order valence-corrected chi connectivity index (χ1v) is 8.70. The summed E-state index contributed by atoms with van der Waals surface area (Å²) < 4.78 is 0. The van der Waals surface area contributed by atoms with Crippen molar-refractivity contribution in [1.29, 1.82) is 0 Å². The van der Waals surface area contributed by atoms with Gasteiger partial charge in [0.2, 0.25) is 0 Å². The second-order valence-electron chi connectivity index (χ2n) is 5.59. The largest absolute Gasteiger partial charge is 0.351 e. The van der Waals surface area contributed by atoms with E-state index >= 15 is 0 Å². The Morgan fingerprint density at radius 2 is 1.73 bits per heavy atom. The van der Waals surface area contributed by atoms with Gasteiger partial charge in [0.15, 0.2) is 0 Å². The van der Waals surface area contributed by atoms with Gasteiger partial charge in [-0.3, -0.25) is 4.79 Å². The molecule has 0 bridgehead atoms. The van der Waals surface area contributed by atoms with Crippen LogP contribution in [0.1, 0.15) is 32.6 Å². The molecule has 0 heterocycles. The molecule has 0 saturated heterocycles. The Morgan fingerprint density at radius 3 is 2.41 bits per heavy atom. The SMILES string of the molecule is Cc1ccc(CSCCNC(=O)c2ccc(C)c(C)c2)cc1. The molecule has 0 aromatic heterocycles. The van der Waals surface area contributed by atoms with Gasteiger partial charge in [0.25, 0.3) is 5.91 Å². The molecular formula is C19H23NOS. The summed E-state index contributed by atoms with van der Waals surface area (Å²) in [5, 5.41) is 2.98. The lowest BCUT2D eigenvalue weighted by atomic mass is 10.1. The topological polar surface area (TPSA) is 29.1 Å². The van der Waals surface area contributed by atoms with Crippen LogP contribution in [0.4, 0.5) is 0 Å². The van der Waals surface area contributed by atoms with E-state index in [4.69, 9.17) is 0 Å². The maximum Gasteiger partial charge on any atom is 0.251 e. The van der Waals surface area contributed by atoms with E-state index in [0.717, 1.165) is 22.6 Å². The van der Waals surface area contributed by atoms with Gasteiger partial charge in [-0.1, -0.05) is 35.9 Å². The Bertz CT molecular complexity index is 634. The number of hydrogen-bond donors (Lipinski definition) is 1. The summed E-state index contributed by atoms with van der Waals surface area (Å²) in [5.74, 6) is 1.92. The highest BCUT2D eigenvalue weighted by molar-refractivity contribution is 7.98. The Kier molecular flexibility index (Phi) is 6.08. The van der Waals surface area contributed by atoms with E-state index in [9.17, 15) is 4.79 Å². The summed E-state index contributed by atoms with van der Waals surface area (Å²) >= 11 is 1.84. The van der Waals surface area contributed by atoms with Gasteiger partial charge in [0.05, 0.1) is 0 Å². The monoisotopic (exact) mass is 313 g/mol. The maximum absolute atomic E-state index is 12.1. The quantitative estimate of drug-likeness (QED) is 0.807. The molecule has 116 valence electrons. The molecule has 2 aromatic rings. The van der Waals surface area contributed by atoms with Crippen LogP contribution in [0, 0.1) is 20.8 Å². The second kappa shape index (κ2) is 8.04. The minimum Gasteiger partial charge on any atom is -0.351 e. The van der Waals surface area contributed by atoms with Crippen LogP contribution in [0.2, 0.25) is 0 Å². The van der Waals surface area contributed by atoms with Gasteiger partial charge in [0, 0.05) is 23.6 Å². The molecule has 2 aromatic carbocycles. The van der Waals surface area contributed by atoms with Crippen LogP contribution in [0.15, 0.2) is 42.5 Å². The van der Waals surface area contributed by atoms with E-state index in [1.54, 1.807) is 0 Å². The van der Waals surface area contributed by atoms with Gasteiger partial charge in [-0.15, -0.1) is 0 Å². The van der Waals surface area contributed by atoms with Crippen molar-refractivity contribution in [2.75, 3.05) is 12.3 Å². The molecule has 0 atom stereocenters. The lowest BCUT2D eigenvalue weighted by Gasteiger charge is -2.07. The van der Waals surface area contributed by atoms with Gasteiger partial charge in [0.1, 0.15) is 0 Å². The van der Waals surface area contributed by atoms with Crippen molar-refractivity contribution >= 4 is 17.7 Å². The van der Waals surface area contributed by atoms with Crippen LogP contribution in [0.25, 0.3) is 0 Å². The average Bonchev–Trinajstić information content (AvgIpc) is 2.51. The van der Waals surface area contributed by atoms with Crippen LogP contribution in [0.3, 0.4) is 0 Å². The highest BCUT2D eigenvalue weighted by Crippen LogP contribution is 2.13. The molecule has 1 N–H and O–H groups in total. The molecule has 0 radical (unpaired) electrons. The summed E-state index contributed by atoms with van der Waals surface area (Å²) in [7, 11) is 0. The predicted molar refractivity (Wildman–Crippen MR) is 95.6 cm³/mol. The van der Waals surface area contributed by atoms with Crippen LogP contribution < -0.4 is 5.32 Å². The van der Waals surface area contributed by atoms with Crippen molar-refractivity contribution in [1.82, 2.24) is 5.32 Å². The number of carbonyl (C=O) groups excluding carboxylic acids is 1. The van der Waals surface area contributed by atoms with E-state index in [1.165, 1.54) is 16.7 Å². The van der Waals surface area contributed by atoms with Gasteiger partial charge < -0.3 is 5.32 Å². The van der Waals surface area contributed by atoms with Crippen molar-refractivity contribution < 1.29 is 4.79 Å². The standard InChI is InChI=1S/C19H23NOS/c1-14-4-7-17(8-5-14)13-22-11-10-20-19(21)18-9-6-15(2)16(3)12-18/h4-9,12H,10-11,13H2,1-3H3,(H,20,21). The molecule has 0 spiro atoms. The fourth-order valence-corrected chi connectivity index (χ4v) is 2.91. The zero-order chi connectivity index (χ0) is 15.9. The second-order valence-corrected chi connectivity index (χ2v) is 6.70. The highest BCUT2D eigenvalue weighted by atomic mass is 32.2. The van der Waals surface area contributed by atoms with Crippen molar-refractivity contribution in [3.8, 4) is 0 Å². The van der Waals surface area contributed by atoms with E-state index in [1.807, 2.05) is 36.9 Å². The number of hydrogen-bond acceptors (Lipinski definition) is 2. The van der Waals surface area contributed by atoms with E-state index in [2.05, 4.69) is 43.4 Å². The molecule has 0 saturated carbocycles. The predicted octanol–water partition coefficient (Wildman–Crippen LogP) is 4.28. The number of benzene rings is 2.